The van der Waals surface area contributed by atoms with Crippen LogP contribution in [0.15, 0.2) is 46.1 Å². The van der Waals surface area contributed by atoms with E-state index in [9.17, 15) is 39.4 Å². The second kappa shape index (κ2) is 14.2. The maximum atomic E-state index is 13.0. The van der Waals surface area contributed by atoms with Crippen molar-refractivity contribution in [1.82, 2.24) is 31.0 Å². The van der Waals surface area contributed by atoms with Gasteiger partial charge in [-0.25, -0.2) is 9.86 Å². The van der Waals surface area contributed by atoms with Gasteiger partial charge in [0.25, 0.3) is 11.5 Å². The van der Waals surface area contributed by atoms with Gasteiger partial charge in [0.1, 0.15) is 30.5 Å². The van der Waals surface area contributed by atoms with Crippen LogP contribution in [-0.4, -0.2) is 91.6 Å². The third kappa shape index (κ3) is 8.45. The van der Waals surface area contributed by atoms with Crippen LogP contribution in [0.4, 0.5) is 0 Å². The van der Waals surface area contributed by atoms with Gasteiger partial charge in [-0.2, -0.15) is 0 Å². The Balaban J connectivity index is 1.64. The van der Waals surface area contributed by atoms with Crippen LogP contribution in [0.25, 0.3) is 0 Å². The zero-order valence-corrected chi connectivity index (χ0v) is 21.7. The van der Waals surface area contributed by atoms with Crippen LogP contribution in [0, 0.1) is 5.41 Å². The van der Waals surface area contributed by atoms with E-state index in [1.807, 2.05) is 11.1 Å². The molecule has 0 saturated carbocycles. The maximum Gasteiger partial charge on any atom is 0.325 e. The summed E-state index contributed by atoms with van der Waals surface area (Å²) in [6, 6.07) is 7.47. The molecule has 1 aliphatic heterocycles. The van der Waals surface area contributed by atoms with Gasteiger partial charge in [-0.05, 0) is 12.0 Å². The van der Waals surface area contributed by atoms with Crippen molar-refractivity contribution in [3.05, 3.63) is 68.5 Å². The molecule has 41 heavy (non-hydrogen) atoms. The maximum absolute atomic E-state index is 13.0. The Bertz CT molecular complexity index is 1350. The quantitative estimate of drug-likeness (QED) is 0.0512. The molecule has 17 heteroatoms. The van der Waals surface area contributed by atoms with Crippen molar-refractivity contribution in [2.24, 2.45) is 5.73 Å². The summed E-state index contributed by atoms with van der Waals surface area (Å²) in [7, 11) is 0. The van der Waals surface area contributed by atoms with Gasteiger partial charge in [-0.3, -0.25) is 34.8 Å². The molecule has 1 aliphatic rings. The Hall–Kier alpha value is -4.58. The number of benzene rings is 1. The highest BCUT2D eigenvalue weighted by Crippen LogP contribution is 2.31. The molecule has 1 saturated heterocycles. The van der Waals surface area contributed by atoms with Crippen molar-refractivity contribution in [2.45, 2.75) is 49.8 Å². The van der Waals surface area contributed by atoms with Crippen molar-refractivity contribution in [2.75, 3.05) is 13.1 Å². The SMILES string of the molecule is N=C(N)NCC(=O)N(O)[C@@H](CCC(=O)NCc1ccccc1)C(=O)NC[C@H]1O[C@@H](c2c[nH]c(=O)[nH]c2=O)[C@H](O)[C@@H]1O. The molecule has 11 N–H and O–H groups in total. The first-order valence-electron chi connectivity index (χ1n) is 12.5. The highest BCUT2D eigenvalue weighted by atomic mass is 16.5. The average molecular weight is 577 g/mol. The zero-order chi connectivity index (χ0) is 30.1. The predicted octanol–water partition coefficient (Wildman–Crippen LogP) is -3.49. The second-order valence-electron chi connectivity index (χ2n) is 9.17. The van der Waals surface area contributed by atoms with Crippen molar-refractivity contribution < 1.29 is 34.5 Å². The van der Waals surface area contributed by atoms with Crippen LogP contribution in [0.1, 0.15) is 30.1 Å². The minimum atomic E-state index is -1.58. The number of hydrogen-bond donors (Lipinski definition) is 10. The molecule has 0 radical (unpaired) electrons. The number of aliphatic hydroxyl groups excluding tert-OH is 2. The van der Waals surface area contributed by atoms with E-state index < -0.39 is 78.5 Å². The third-order valence-corrected chi connectivity index (χ3v) is 6.26. The highest BCUT2D eigenvalue weighted by Gasteiger charge is 2.45. The Morgan fingerprint density at radius 1 is 1.10 bits per heavy atom. The van der Waals surface area contributed by atoms with Crippen molar-refractivity contribution in [3.8, 4) is 0 Å². The first-order chi connectivity index (χ1) is 19.5. The summed E-state index contributed by atoms with van der Waals surface area (Å²) in [6.07, 6.45) is -5.21. The number of aliphatic hydroxyl groups is 2. The second-order valence-corrected chi connectivity index (χ2v) is 9.17. The fourth-order valence-corrected chi connectivity index (χ4v) is 4.07. The number of rotatable bonds is 12. The van der Waals surface area contributed by atoms with Gasteiger partial charge in [-0.1, -0.05) is 30.3 Å². The summed E-state index contributed by atoms with van der Waals surface area (Å²) in [5, 5.41) is 45.8. The molecule has 1 aromatic carbocycles. The van der Waals surface area contributed by atoms with Crippen LogP contribution < -0.4 is 32.9 Å². The van der Waals surface area contributed by atoms with Gasteiger partial charge in [-0.15, -0.1) is 0 Å². The highest BCUT2D eigenvalue weighted by molar-refractivity contribution is 5.89. The zero-order valence-electron chi connectivity index (χ0n) is 21.7. The van der Waals surface area contributed by atoms with Crippen LogP contribution in [0.2, 0.25) is 0 Å². The molecule has 0 spiro atoms. The summed E-state index contributed by atoms with van der Waals surface area (Å²) in [4.78, 5) is 65.4. The van der Waals surface area contributed by atoms with Gasteiger partial charge < -0.3 is 41.6 Å². The predicted molar refractivity (Wildman–Crippen MR) is 140 cm³/mol. The first-order valence-corrected chi connectivity index (χ1v) is 12.5. The molecule has 3 rings (SSSR count). The van der Waals surface area contributed by atoms with E-state index in [4.69, 9.17) is 15.9 Å². The van der Waals surface area contributed by atoms with E-state index in [0.29, 0.717) is 0 Å². The average Bonchev–Trinajstić information content (AvgIpc) is 3.22. The summed E-state index contributed by atoms with van der Waals surface area (Å²) < 4.78 is 5.56. The standard InChI is InChI=1S/C24H32N8O9/c25-23(26)29-11-17(34)32(40)14(6-7-16(33)27-8-12-4-2-1-3-5-12)22(38)28-10-15-18(35)19(36)20(41-15)13-9-30-24(39)31-21(13)37/h1-5,9,14-15,18-20,35-36,40H,6-8,10-11H2,(H,27,33)(H,28,38)(H4,25,26,29)(H2,30,31,37,39)/t14-,15+,18+,19+,20-/m0/s1. The lowest BCUT2D eigenvalue weighted by molar-refractivity contribution is -0.179. The van der Waals surface area contributed by atoms with E-state index >= 15 is 0 Å². The summed E-state index contributed by atoms with van der Waals surface area (Å²) in [6.45, 7) is -0.805. The number of carbonyl (C=O) groups excluding carboxylic acids is 3. The van der Waals surface area contributed by atoms with E-state index in [1.54, 1.807) is 24.3 Å². The first kappa shape index (κ1) is 31.0. The Labute approximate surface area is 232 Å². The number of hydroxylamine groups is 2. The van der Waals surface area contributed by atoms with Gasteiger partial charge in [0.15, 0.2) is 5.96 Å². The van der Waals surface area contributed by atoms with E-state index in [2.05, 4.69) is 20.9 Å². The Morgan fingerprint density at radius 3 is 2.46 bits per heavy atom. The minimum Gasteiger partial charge on any atom is -0.388 e. The van der Waals surface area contributed by atoms with Gasteiger partial charge in [0, 0.05) is 25.7 Å². The molecule has 0 bridgehead atoms. The molecule has 1 fully saturated rings. The largest absolute Gasteiger partial charge is 0.388 e. The van der Waals surface area contributed by atoms with Crippen molar-refractivity contribution in [1.29, 1.82) is 5.41 Å². The topological polar surface area (TPSA) is 276 Å². The van der Waals surface area contributed by atoms with Crippen molar-refractivity contribution >= 4 is 23.7 Å². The number of nitrogens with one attached hydrogen (secondary N) is 6. The van der Waals surface area contributed by atoms with Crippen LogP contribution in [-0.2, 0) is 25.7 Å². The summed E-state index contributed by atoms with van der Waals surface area (Å²) >= 11 is 0. The number of aromatic nitrogens is 2. The normalized spacial score (nSPS) is 20.6. The molecule has 0 unspecified atom stereocenters. The molecule has 0 aliphatic carbocycles. The fourth-order valence-electron chi connectivity index (χ4n) is 4.07. The minimum absolute atomic E-state index is 0.110. The van der Waals surface area contributed by atoms with Crippen LogP contribution in [0.5, 0.6) is 0 Å². The number of hydrogen-bond acceptors (Lipinski definition) is 10. The molecular weight excluding hydrogens is 544 g/mol. The number of nitrogens with two attached hydrogens (primary N) is 1. The Morgan fingerprint density at radius 2 is 1.80 bits per heavy atom. The summed E-state index contributed by atoms with van der Waals surface area (Å²) in [5.41, 5.74) is 4.22. The van der Waals surface area contributed by atoms with Gasteiger partial charge >= 0.3 is 5.69 Å². The van der Waals surface area contributed by atoms with E-state index in [-0.39, 0.29) is 30.0 Å². The van der Waals surface area contributed by atoms with E-state index in [0.717, 1.165) is 11.8 Å². The molecule has 17 nitrogen and oxygen atoms in total. The molecular formula is C24H32N8O9. The van der Waals surface area contributed by atoms with Crippen molar-refractivity contribution in [3.63, 3.8) is 0 Å². The lowest BCUT2D eigenvalue weighted by atomic mass is 10.0. The number of carbonyl (C=O) groups is 3. The molecule has 2 heterocycles. The van der Waals surface area contributed by atoms with Gasteiger partial charge in [0.05, 0.1) is 12.1 Å². The number of nitrogens with zero attached hydrogens (tertiary/aromatic N) is 1. The van der Waals surface area contributed by atoms with Crippen LogP contribution in [0.3, 0.4) is 0 Å². The number of guanidine groups is 1. The van der Waals surface area contributed by atoms with Gasteiger partial charge in [0.2, 0.25) is 11.8 Å². The van der Waals surface area contributed by atoms with Crippen LogP contribution >= 0.6 is 0 Å². The smallest absolute Gasteiger partial charge is 0.325 e. The fraction of sp³-hybridized carbons (Fsp3) is 0.417. The lowest BCUT2D eigenvalue weighted by Crippen LogP contribution is -2.53. The number of ether oxygens (including phenoxy) is 1. The molecule has 222 valence electrons. The number of amides is 3. The molecule has 5 atom stereocenters. The lowest BCUT2D eigenvalue weighted by Gasteiger charge is -2.26. The molecule has 2 aromatic rings. The van der Waals surface area contributed by atoms with E-state index in [1.165, 1.54) is 0 Å². The third-order valence-electron chi connectivity index (χ3n) is 6.26. The Kier molecular flexibility index (Phi) is 10.7. The number of H-pyrrole nitrogens is 2. The summed E-state index contributed by atoms with van der Waals surface area (Å²) in [5.74, 6) is -2.94. The molecule has 3 amide bonds. The monoisotopic (exact) mass is 576 g/mol. The number of aromatic amines is 2. The molecule has 1 aromatic heterocycles.